The van der Waals surface area contributed by atoms with Crippen molar-refractivity contribution in [3.63, 3.8) is 0 Å². The number of benzene rings is 1. The molecule has 1 amide bonds. The summed E-state index contributed by atoms with van der Waals surface area (Å²) in [6.07, 6.45) is -3.07. The van der Waals surface area contributed by atoms with Crippen LogP contribution in [-0.4, -0.2) is 38.9 Å². The number of aromatic nitrogens is 3. The molecule has 1 unspecified atom stereocenters. The Bertz CT molecular complexity index is 1110. The van der Waals surface area contributed by atoms with E-state index in [1.807, 2.05) is 0 Å². The molecule has 2 heterocycles. The van der Waals surface area contributed by atoms with Crippen LogP contribution in [0.3, 0.4) is 0 Å². The third-order valence-corrected chi connectivity index (χ3v) is 4.28. The number of carbonyl (C=O) groups is 2. The van der Waals surface area contributed by atoms with Gasteiger partial charge >= 0.3 is 12.1 Å². The topological polar surface area (TPSA) is 106 Å². The number of nitrogens with one attached hydrogen (secondary N) is 1. The Labute approximate surface area is 168 Å². The molecule has 0 bridgehead atoms. The molecule has 1 aromatic carbocycles. The number of ether oxygens (including phenoxy) is 1. The van der Waals surface area contributed by atoms with Crippen molar-refractivity contribution in [2.75, 3.05) is 12.4 Å². The van der Waals surface area contributed by atoms with E-state index in [9.17, 15) is 22.8 Å². The summed E-state index contributed by atoms with van der Waals surface area (Å²) in [5.41, 5.74) is -0.871. The highest BCUT2D eigenvalue weighted by Gasteiger charge is 2.33. The molecule has 0 aliphatic rings. The Morgan fingerprint density at radius 3 is 2.67 bits per heavy atom. The summed E-state index contributed by atoms with van der Waals surface area (Å²) < 4.78 is 45.2. The minimum atomic E-state index is -4.67. The number of fused-ring (bicyclic) bond motifs is 1. The normalized spacial score (nSPS) is 12.6. The van der Waals surface area contributed by atoms with Crippen LogP contribution in [0, 0.1) is 5.92 Å². The maximum Gasteiger partial charge on any atom is 0.433 e. The molecule has 30 heavy (non-hydrogen) atoms. The fourth-order valence-corrected chi connectivity index (χ4v) is 2.73. The first-order chi connectivity index (χ1) is 14.1. The molecule has 2 N–H and O–H groups in total. The quantitative estimate of drug-likeness (QED) is 0.631. The highest BCUT2D eigenvalue weighted by molar-refractivity contribution is 6.05. The maximum atomic E-state index is 12.8. The van der Waals surface area contributed by atoms with E-state index in [4.69, 9.17) is 9.84 Å². The first-order valence-electron chi connectivity index (χ1n) is 8.72. The summed E-state index contributed by atoms with van der Waals surface area (Å²) in [6.45, 7) is 1.69. The number of halogens is 3. The van der Waals surface area contributed by atoms with Gasteiger partial charge in [0.15, 0.2) is 0 Å². The number of rotatable bonds is 6. The van der Waals surface area contributed by atoms with Crippen LogP contribution in [0.25, 0.3) is 10.9 Å². The number of amides is 1. The van der Waals surface area contributed by atoms with E-state index in [-0.39, 0.29) is 18.0 Å². The van der Waals surface area contributed by atoms with Gasteiger partial charge in [-0.1, -0.05) is 13.0 Å². The van der Waals surface area contributed by atoms with Crippen molar-refractivity contribution < 1.29 is 32.6 Å². The van der Waals surface area contributed by atoms with Crippen LogP contribution < -0.4 is 10.1 Å². The molecule has 2 aromatic heterocycles. The van der Waals surface area contributed by atoms with Gasteiger partial charge in [0.25, 0.3) is 5.91 Å². The van der Waals surface area contributed by atoms with Gasteiger partial charge in [0.1, 0.15) is 17.1 Å². The van der Waals surface area contributed by atoms with Gasteiger partial charge in [-0.05, 0) is 18.2 Å². The third-order valence-electron chi connectivity index (χ3n) is 4.28. The number of anilines is 1. The van der Waals surface area contributed by atoms with E-state index in [0.29, 0.717) is 10.9 Å². The number of hydrogen-bond donors (Lipinski definition) is 2. The van der Waals surface area contributed by atoms with Crippen molar-refractivity contribution in [1.29, 1.82) is 0 Å². The average molecular weight is 422 g/mol. The second kappa shape index (κ2) is 8.01. The number of hydrogen-bond acceptors (Lipinski definition) is 5. The number of nitrogens with zero attached hydrogens (tertiary/aromatic N) is 3. The Balaban J connectivity index is 1.89. The standard InChI is InChI=1S/C19H17F3N4O4/c1-10(18(28)29)8-26-9-11-6-14(15(30-2)7-13(11)25-26)24-17(27)12-4-3-5-16(23-12)19(20,21)22/h3-7,9-10H,8H2,1-2H3,(H,24,27)(H,28,29). The molecule has 0 saturated heterocycles. The average Bonchev–Trinajstić information content (AvgIpc) is 3.07. The SMILES string of the molecule is COc1cc2nn(CC(C)C(=O)O)cc2cc1NC(=O)c1cccc(C(F)(F)F)n1. The fourth-order valence-electron chi connectivity index (χ4n) is 2.73. The maximum absolute atomic E-state index is 12.8. The summed E-state index contributed by atoms with van der Waals surface area (Å²) in [5, 5.41) is 16.4. The molecule has 0 fully saturated rings. The Morgan fingerprint density at radius 1 is 1.30 bits per heavy atom. The lowest BCUT2D eigenvalue weighted by Crippen LogP contribution is -2.17. The lowest BCUT2D eigenvalue weighted by Gasteiger charge is -2.11. The number of methoxy groups -OCH3 is 1. The second-order valence-electron chi connectivity index (χ2n) is 6.56. The van der Waals surface area contributed by atoms with E-state index in [2.05, 4.69) is 15.4 Å². The fraction of sp³-hybridized carbons (Fsp3) is 0.263. The predicted molar refractivity (Wildman–Crippen MR) is 100 cm³/mol. The van der Waals surface area contributed by atoms with Gasteiger partial charge in [0.2, 0.25) is 0 Å². The molecule has 0 aliphatic heterocycles. The lowest BCUT2D eigenvalue weighted by molar-refractivity contribution is -0.142. The number of carboxylic acids is 1. The number of carboxylic acid groups (broad SMARTS) is 1. The summed E-state index contributed by atoms with van der Waals surface area (Å²) in [4.78, 5) is 26.8. The van der Waals surface area contributed by atoms with E-state index >= 15 is 0 Å². The molecule has 0 aliphatic carbocycles. The van der Waals surface area contributed by atoms with Gasteiger partial charge in [0.05, 0.1) is 30.8 Å². The molecule has 0 spiro atoms. The number of aliphatic carboxylic acids is 1. The van der Waals surface area contributed by atoms with Crippen molar-refractivity contribution in [3.8, 4) is 5.75 Å². The summed E-state index contributed by atoms with van der Waals surface area (Å²) in [7, 11) is 1.36. The number of alkyl halides is 3. The first kappa shape index (κ1) is 21.1. The molecule has 158 valence electrons. The minimum Gasteiger partial charge on any atom is -0.494 e. The predicted octanol–water partition coefficient (Wildman–Crippen LogP) is 3.43. The molecular formula is C19H17F3N4O4. The Kier molecular flexibility index (Phi) is 5.63. The zero-order valence-corrected chi connectivity index (χ0v) is 15.9. The van der Waals surface area contributed by atoms with Gasteiger partial charge in [-0.2, -0.15) is 18.3 Å². The van der Waals surface area contributed by atoms with Crippen molar-refractivity contribution in [1.82, 2.24) is 14.8 Å². The van der Waals surface area contributed by atoms with E-state index in [0.717, 1.165) is 12.1 Å². The number of carbonyl (C=O) groups excluding carboxylic acids is 1. The van der Waals surface area contributed by atoms with Gasteiger partial charge < -0.3 is 15.2 Å². The molecule has 0 radical (unpaired) electrons. The molecule has 8 nitrogen and oxygen atoms in total. The van der Waals surface area contributed by atoms with E-state index < -0.39 is 35.4 Å². The van der Waals surface area contributed by atoms with Crippen LogP contribution in [0.2, 0.25) is 0 Å². The van der Waals surface area contributed by atoms with Crippen LogP contribution in [0.5, 0.6) is 5.75 Å². The monoisotopic (exact) mass is 422 g/mol. The molecule has 3 rings (SSSR count). The third kappa shape index (κ3) is 4.50. The first-order valence-corrected chi connectivity index (χ1v) is 8.72. The van der Waals surface area contributed by atoms with Gasteiger partial charge in [-0.15, -0.1) is 0 Å². The molecule has 11 heteroatoms. The van der Waals surface area contributed by atoms with E-state index in [1.54, 1.807) is 13.1 Å². The zero-order chi connectivity index (χ0) is 22.1. The zero-order valence-electron chi connectivity index (χ0n) is 15.9. The molecule has 0 saturated carbocycles. The van der Waals surface area contributed by atoms with Crippen molar-refractivity contribution in [2.45, 2.75) is 19.6 Å². The largest absolute Gasteiger partial charge is 0.494 e. The van der Waals surface area contributed by atoms with Crippen molar-refractivity contribution >= 4 is 28.5 Å². The lowest BCUT2D eigenvalue weighted by atomic mass is 10.2. The number of pyridine rings is 1. The Hall–Kier alpha value is -3.63. The summed E-state index contributed by atoms with van der Waals surface area (Å²) in [6, 6.07) is 6.11. The van der Waals surface area contributed by atoms with Crippen LogP contribution in [-0.2, 0) is 17.5 Å². The van der Waals surface area contributed by atoms with Crippen molar-refractivity contribution in [2.24, 2.45) is 5.92 Å². The van der Waals surface area contributed by atoms with Gasteiger partial charge in [-0.25, -0.2) is 4.98 Å². The van der Waals surface area contributed by atoms with Crippen LogP contribution in [0.1, 0.15) is 23.1 Å². The highest BCUT2D eigenvalue weighted by Crippen LogP contribution is 2.31. The molecule has 3 aromatic rings. The van der Waals surface area contributed by atoms with Gasteiger partial charge in [0, 0.05) is 17.6 Å². The molecule has 1 atom stereocenters. The van der Waals surface area contributed by atoms with Crippen LogP contribution in [0.4, 0.5) is 18.9 Å². The Morgan fingerprint density at radius 2 is 2.03 bits per heavy atom. The van der Waals surface area contributed by atoms with E-state index in [1.165, 1.54) is 30.0 Å². The highest BCUT2D eigenvalue weighted by atomic mass is 19.4. The smallest absolute Gasteiger partial charge is 0.433 e. The van der Waals surface area contributed by atoms with Crippen LogP contribution in [0.15, 0.2) is 36.5 Å². The van der Waals surface area contributed by atoms with Crippen molar-refractivity contribution in [3.05, 3.63) is 47.9 Å². The van der Waals surface area contributed by atoms with Crippen LogP contribution >= 0.6 is 0 Å². The summed E-state index contributed by atoms with van der Waals surface area (Å²) in [5.74, 6) is -2.23. The molecular weight excluding hydrogens is 405 g/mol. The minimum absolute atomic E-state index is 0.141. The second-order valence-corrected chi connectivity index (χ2v) is 6.56. The summed E-state index contributed by atoms with van der Waals surface area (Å²) >= 11 is 0. The van der Waals surface area contributed by atoms with Gasteiger partial charge in [-0.3, -0.25) is 14.3 Å².